The summed E-state index contributed by atoms with van der Waals surface area (Å²) in [4.78, 5) is 0. The number of aryl methyl sites for hydroxylation is 1. The van der Waals surface area contributed by atoms with E-state index in [4.69, 9.17) is 4.74 Å². The van der Waals surface area contributed by atoms with Crippen molar-refractivity contribution >= 4 is 0 Å². The fourth-order valence-electron chi connectivity index (χ4n) is 2.55. The van der Waals surface area contributed by atoms with Gasteiger partial charge in [-0.25, -0.2) is 0 Å². The van der Waals surface area contributed by atoms with Gasteiger partial charge in [0, 0.05) is 6.42 Å². The van der Waals surface area contributed by atoms with Crippen LogP contribution in [0.15, 0.2) is 48.5 Å². The molecule has 98 valence electrons. The molecule has 0 bridgehead atoms. The van der Waals surface area contributed by atoms with Gasteiger partial charge in [0.2, 0.25) is 0 Å². The van der Waals surface area contributed by atoms with Crippen molar-refractivity contribution in [3.8, 4) is 5.75 Å². The van der Waals surface area contributed by atoms with Crippen LogP contribution in [0.25, 0.3) is 0 Å². The molecule has 1 heterocycles. The highest BCUT2D eigenvalue weighted by Gasteiger charge is 2.29. The molecule has 1 aliphatic rings. The van der Waals surface area contributed by atoms with Crippen LogP contribution in [0.1, 0.15) is 29.7 Å². The smallest absolute Gasteiger partial charge is 0.133 e. The Morgan fingerprint density at radius 2 is 1.89 bits per heavy atom. The maximum Gasteiger partial charge on any atom is 0.133 e. The number of aliphatic hydroxyl groups excluding tert-OH is 1. The van der Waals surface area contributed by atoms with E-state index < -0.39 is 6.10 Å². The van der Waals surface area contributed by atoms with Gasteiger partial charge in [-0.2, -0.15) is 0 Å². The zero-order valence-electron chi connectivity index (χ0n) is 11.0. The first-order valence-electron chi connectivity index (χ1n) is 6.79. The number of hydrogen-bond acceptors (Lipinski definition) is 2. The van der Waals surface area contributed by atoms with E-state index in [0.717, 1.165) is 24.2 Å². The molecule has 0 fully saturated rings. The predicted octanol–water partition coefficient (Wildman–Crippen LogP) is 3.29. The van der Waals surface area contributed by atoms with Crippen molar-refractivity contribution in [3.63, 3.8) is 0 Å². The molecule has 0 saturated heterocycles. The topological polar surface area (TPSA) is 29.5 Å². The molecule has 3 rings (SSSR count). The molecule has 2 nitrogen and oxygen atoms in total. The Morgan fingerprint density at radius 1 is 1.16 bits per heavy atom. The van der Waals surface area contributed by atoms with Gasteiger partial charge in [0.1, 0.15) is 18.0 Å². The highest BCUT2D eigenvalue weighted by Crippen LogP contribution is 2.33. The standard InChI is InChI=1S/C17H18O2/c1-2-12-7-9-13(10-8-12)17(18)16-11-14-5-3-4-6-15(14)19-16/h3-10,16-18H,2,11H2,1H3. The van der Waals surface area contributed by atoms with Crippen LogP contribution < -0.4 is 4.74 Å². The maximum absolute atomic E-state index is 10.4. The summed E-state index contributed by atoms with van der Waals surface area (Å²) in [5, 5.41) is 10.4. The lowest BCUT2D eigenvalue weighted by Gasteiger charge is -2.18. The molecule has 0 aromatic heterocycles. The monoisotopic (exact) mass is 254 g/mol. The maximum atomic E-state index is 10.4. The number of rotatable bonds is 3. The van der Waals surface area contributed by atoms with Crippen LogP contribution in [0.3, 0.4) is 0 Å². The molecule has 0 aliphatic carbocycles. The number of hydrogen-bond donors (Lipinski definition) is 1. The number of fused-ring (bicyclic) bond motifs is 1. The summed E-state index contributed by atoms with van der Waals surface area (Å²) in [5.74, 6) is 0.900. The summed E-state index contributed by atoms with van der Waals surface area (Å²) in [6.07, 6.45) is 1.04. The normalized spacial score (nSPS) is 18.7. The van der Waals surface area contributed by atoms with Gasteiger partial charge in [-0.1, -0.05) is 49.4 Å². The van der Waals surface area contributed by atoms with Crippen LogP contribution in [0, 0.1) is 0 Å². The SMILES string of the molecule is CCc1ccc(C(O)C2Cc3ccccc3O2)cc1. The first-order chi connectivity index (χ1) is 9.28. The number of ether oxygens (including phenoxy) is 1. The van der Waals surface area contributed by atoms with Crippen LogP contribution in [-0.2, 0) is 12.8 Å². The van der Waals surface area contributed by atoms with Crippen molar-refractivity contribution in [2.24, 2.45) is 0 Å². The van der Waals surface area contributed by atoms with E-state index >= 15 is 0 Å². The van der Waals surface area contributed by atoms with Crippen LogP contribution in [0.5, 0.6) is 5.75 Å². The molecule has 0 radical (unpaired) electrons. The summed E-state index contributed by atoms with van der Waals surface area (Å²) in [6, 6.07) is 16.1. The predicted molar refractivity (Wildman–Crippen MR) is 75.3 cm³/mol. The van der Waals surface area contributed by atoms with Gasteiger partial charge in [0.15, 0.2) is 0 Å². The number of para-hydroxylation sites is 1. The van der Waals surface area contributed by atoms with E-state index in [0.29, 0.717) is 0 Å². The third-order valence-corrected chi connectivity index (χ3v) is 3.75. The van der Waals surface area contributed by atoms with Gasteiger partial charge in [0.25, 0.3) is 0 Å². The van der Waals surface area contributed by atoms with Crippen molar-refractivity contribution < 1.29 is 9.84 Å². The quantitative estimate of drug-likeness (QED) is 0.910. The van der Waals surface area contributed by atoms with Crippen LogP contribution in [0.2, 0.25) is 0 Å². The van der Waals surface area contributed by atoms with Crippen molar-refractivity contribution in [2.45, 2.75) is 32.0 Å². The second-order valence-electron chi connectivity index (χ2n) is 5.01. The lowest BCUT2D eigenvalue weighted by molar-refractivity contribution is 0.0492. The third kappa shape index (κ3) is 2.36. The molecule has 2 heteroatoms. The van der Waals surface area contributed by atoms with Gasteiger partial charge < -0.3 is 9.84 Å². The average molecular weight is 254 g/mol. The minimum Gasteiger partial charge on any atom is -0.487 e. The second-order valence-corrected chi connectivity index (χ2v) is 5.01. The van der Waals surface area contributed by atoms with E-state index in [1.54, 1.807) is 0 Å². The van der Waals surface area contributed by atoms with Gasteiger partial charge in [-0.05, 0) is 29.2 Å². The van der Waals surface area contributed by atoms with Gasteiger partial charge in [-0.3, -0.25) is 0 Å². The summed E-state index contributed by atoms with van der Waals surface area (Å²) < 4.78 is 5.83. The van der Waals surface area contributed by atoms with Crippen molar-refractivity contribution in [1.29, 1.82) is 0 Å². The van der Waals surface area contributed by atoms with E-state index in [1.165, 1.54) is 11.1 Å². The summed E-state index contributed by atoms with van der Waals surface area (Å²) >= 11 is 0. The van der Waals surface area contributed by atoms with E-state index in [-0.39, 0.29) is 6.10 Å². The molecule has 0 spiro atoms. The lowest BCUT2D eigenvalue weighted by atomic mass is 9.99. The zero-order chi connectivity index (χ0) is 13.2. The molecule has 2 aromatic carbocycles. The highest BCUT2D eigenvalue weighted by molar-refractivity contribution is 5.38. The molecule has 2 unspecified atom stereocenters. The third-order valence-electron chi connectivity index (χ3n) is 3.75. The Bertz CT molecular complexity index is 535. The molecule has 2 atom stereocenters. The van der Waals surface area contributed by atoms with Crippen LogP contribution >= 0.6 is 0 Å². The molecule has 2 aromatic rings. The minimum atomic E-state index is -0.571. The molecular weight excluding hydrogens is 236 g/mol. The summed E-state index contributed by atoms with van der Waals surface area (Å²) in [6.45, 7) is 2.13. The van der Waals surface area contributed by atoms with Crippen molar-refractivity contribution in [2.75, 3.05) is 0 Å². The molecular formula is C17H18O2. The lowest BCUT2D eigenvalue weighted by Crippen LogP contribution is -2.23. The second kappa shape index (κ2) is 5.06. The summed E-state index contributed by atoms with van der Waals surface area (Å²) in [5.41, 5.74) is 3.39. The van der Waals surface area contributed by atoms with Crippen molar-refractivity contribution in [3.05, 3.63) is 65.2 Å². The molecule has 1 N–H and O–H groups in total. The molecule has 0 amide bonds. The first kappa shape index (κ1) is 12.2. The molecule has 1 aliphatic heterocycles. The summed E-state index contributed by atoms with van der Waals surface area (Å²) in [7, 11) is 0. The van der Waals surface area contributed by atoms with Crippen LogP contribution in [0.4, 0.5) is 0 Å². The minimum absolute atomic E-state index is 0.176. The zero-order valence-corrected chi connectivity index (χ0v) is 11.0. The van der Waals surface area contributed by atoms with E-state index in [2.05, 4.69) is 25.1 Å². The van der Waals surface area contributed by atoms with Gasteiger partial charge >= 0.3 is 0 Å². The average Bonchev–Trinajstić information content (AvgIpc) is 2.90. The van der Waals surface area contributed by atoms with Crippen LogP contribution in [-0.4, -0.2) is 11.2 Å². The Balaban J connectivity index is 1.77. The Kier molecular flexibility index (Phi) is 3.26. The largest absolute Gasteiger partial charge is 0.487 e. The highest BCUT2D eigenvalue weighted by atomic mass is 16.5. The number of aliphatic hydroxyl groups is 1. The fraction of sp³-hybridized carbons (Fsp3) is 0.294. The van der Waals surface area contributed by atoms with E-state index in [1.807, 2.05) is 30.3 Å². The fourth-order valence-corrected chi connectivity index (χ4v) is 2.55. The van der Waals surface area contributed by atoms with Gasteiger partial charge in [-0.15, -0.1) is 0 Å². The van der Waals surface area contributed by atoms with Gasteiger partial charge in [0.05, 0.1) is 0 Å². The Labute approximate surface area is 113 Å². The first-order valence-corrected chi connectivity index (χ1v) is 6.79. The molecule has 0 saturated carbocycles. The Hall–Kier alpha value is -1.80. The Morgan fingerprint density at radius 3 is 2.58 bits per heavy atom. The van der Waals surface area contributed by atoms with E-state index in [9.17, 15) is 5.11 Å². The number of benzene rings is 2. The van der Waals surface area contributed by atoms with Crippen molar-refractivity contribution in [1.82, 2.24) is 0 Å². The molecule has 19 heavy (non-hydrogen) atoms.